The first-order chi connectivity index (χ1) is 14.4. The molecule has 3 aromatic rings. The highest BCUT2D eigenvalue weighted by molar-refractivity contribution is 7.99. The van der Waals surface area contributed by atoms with E-state index in [2.05, 4.69) is 10.2 Å². The van der Waals surface area contributed by atoms with Crippen LogP contribution < -0.4 is 14.6 Å². The Morgan fingerprint density at radius 1 is 1.03 bits per heavy atom. The number of rotatable bonds is 10. The Morgan fingerprint density at radius 2 is 1.70 bits per heavy atom. The Bertz CT molecular complexity index is 1070. The minimum absolute atomic E-state index is 0.0669. The summed E-state index contributed by atoms with van der Waals surface area (Å²) in [5.74, 6) is 2.69. The predicted octanol–water partition coefficient (Wildman–Crippen LogP) is 3.11. The Balaban J connectivity index is 1.92. The number of sulfonamides is 1. The highest BCUT2D eigenvalue weighted by Crippen LogP contribution is 2.30. The maximum atomic E-state index is 11.2. The van der Waals surface area contributed by atoms with Crippen LogP contribution in [0.2, 0.25) is 0 Å². The monoisotopic (exact) mass is 448 g/mol. The van der Waals surface area contributed by atoms with Gasteiger partial charge in [0.2, 0.25) is 10.0 Å². The van der Waals surface area contributed by atoms with Gasteiger partial charge in [0.25, 0.3) is 0 Å². The lowest BCUT2D eigenvalue weighted by atomic mass is 10.2. The molecular formula is C20H24N4O4S2. The maximum absolute atomic E-state index is 11.2. The molecule has 0 spiro atoms. The van der Waals surface area contributed by atoms with E-state index in [1.54, 1.807) is 7.11 Å². The Kier molecular flexibility index (Phi) is 7.35. The fourth-order valence-electron chi connectivity index (χ4n) is 2.80. The first-order valence-electron chi connectivity index (χ1n) is 9.37. The average molecular weight is 449 g/mol. The molecule has 0 saturated carbocycles. The van der Waals surface area contributed by atoms with Gasteiger partial charge in [0.1, 0.15) is 11.5 Å². The number of aromatic nitrogens is 3. The largest absolute Gasteiger partial charge is 0.497 e. The van der Waals surface area contributed by atoms with Crippen LogP contribution >= 0.6 is 11.8 Å². The molecule has 0 atom stereocenters. The number of nitrogens with zero attached hydrogens (tertiary/aromatic N) is 3. The molecule has 0 fully saturated rings. The number of hydrogen-bond acceptors (Lipinski definition) is 7. The van der Waals surface area contributed by atoms with E-state index in [-0.39, 0.29) is 5.75 Å². The van der Waals surface area contributed by atoms with Crippen molar-refractivity contribution in [1.29, 1.82) is 0 Å². The van der Waals surface area contributed by atoms with Gasteiger partial charge in [-0.15, -0.1) is 10.2 Å². The molecule has 1 aromatic heterocycles. The highest BCUT2D eigenvalue weighted by Gasteiger charge is 2.17. The second-order valence-electron chi connectivity index (χ2n) is 6.37. The van der Waals surface area contributed by atoms with Crippen LogP contribution in [0.3, 0.4) is 0 Å². The number of hydrogen-bond donors (Lipinski definition) is 1. The van der Waals surface area contributed by atoms with E-state index in [1.165, 1.54) is 11.8 Å². The first kappa shape index (κ1) is 22.1. The molecule has 0 aliphatic heterocycles. The Morgan fingerprint density at radius 3 is 2.30 bits per heavy atom. The molecule has 0 aliphatic carbocycles. The van der Waals surface area contributed by atoms with Crippen molar-refractivity contribution >= 4 is 21.8 Å². The van der Waals surface area contributed by atoms with Gasteiger partial charge in [-0.25, -0.2) is 13.6 Å². The SMILES string of the molecule is CCOc1ccc(-n2c(SCCCS(N)(=O)=O)nnc2-c2ccc(OC)cc2)cc1. The van der Waals surface area contributed by atoms with Gasteiger partial charge < -0.3 is 9.47 Å². The molecule has 0 saturated heterocycles. The summed E-state index contributed by atoms with van der Waals surface area (Å²) in [5.41, 5.74) is 1.76. The number of primary sulfonamides is 1. The molecule has 160 valence electrons. The lowest BCUT2D eigenvalue weighted by Crippen LogP contribution is -2.16. The molecule has 10 heteroatoms. The normalized spacial score (nSPS) is 11.4. The van der Waals surface area contributed by atoms with Crippen LogP contribution in [-0.2, 0) is 10.0 Å². The molecule has 1 heterocycles. The van der Waals surface area contributed by atoms with Crippen LogP contribution in [0.25, 0.3) is 17.1 Å². The standard InChI is InChI=1S/C20H24N4O4S2/c1-3-28-18-11-7-16(8-12-18)24-19(15-5-9-17(27-2)10-6-15)22-23-20(24)29-13-4-14-30(21,25)26/h5-12H,3-4,13-14H2,1-2H3,(H2,21,25,26). The van der Waals surface area contributed by atoms with Gasteiger partial charge in [-0.1, -0.05) is 11.8 Å². The molecule has 2 N–H and O–H groups in total. The zero-order valence-electron chi connectivity index (χ0n) is 16.8. The zero-order chi connectivity index (χ0) is 21.6. The molecule has 2 aromatic carbocycles. The fourth-order valence-corrected chi connectivity index (χ4v) is 4.43. The number of thioether (sulfide) groups is 1. The van der Waals surface area contributed by atoms with Crippen LogP contribution in [0.1, 0.15) is 13.3 Å². The van der Waals surface area contributed by atoms with E-state index in [9.17, 15) is 8.42 Å². The molecular weight excluding hydrogens is 424 g/mol. The highest BCUT2D eigenvalue weighted by atomic mass is 32.2. The summed E-state index contributed by atoms with van der Waals surface area (Å²) in [7, 11) is -1.86. The van der Waals surface area contributed by atoms with E-state index in [1.807, 2.05) is 60.0 Å². The molecule has 0 unspecified atom stereocenters. The van der Waals surface area contributed by atoms with Gasteiger partial charge in [0.05, 0.1) is 19.5 Å². The van der Waals surface area contributed by atoms with E-state index >= 15 is 0 Å². The second kappa shape index (κ2) is 9.96. The summed E-state index contributed by atoms with van der Waals surface area (Å²) in [4.78, 5) is 0. The number of benzene rings is 2. The third-order valence-corrected chi connectivity index (χ3v) is 6.06. The van der Waals surface area contributed by atoms with E-state index in [0.717, 1.165) is 22.7 Å². The van der Waals surface area contributed by atoms with Crippen molar-refractivity contribution in [2.45, 2.75) is 18.5 Å². The topological polar surface area (TPSA) is 109 Å². The summed E-state index contributed by atoms with van der Waals surface area (Å²) in [6.45, 7) is 2.53. The van der Waals surface area contributed by atoms with Crippen LogP contribution in [-0.4, -0.2) is 48.4 Å². The number of ether oxygens (including phenoxy) is 2. The predicted molar refractivity (Wildman–Crippen MR) is 118 cm³/mol. The zero-order valence-corrected chi connectivity index (χ0v) is 18.4. The van der Waals surface area contributed by atoms with E-state index < -0.39 is 10.0 Å². The fraction of sp³-hybridized carbons (Fsp3) is 0.300. The number of methoxy groups -OCH3 is 1. The van der Waals surface area contributed by atoms with Crippen molar-refractivity contribution in [2.75, 3.05) is 25.2 Å². The third kappa shape index (κ3) is 5.74. The van der Waals surface area contributed by atoms with Gasteiger partial charge in [0.15, 0.2) is 11.0 Å². The average Bonchev–Trinajstić information content (AvgIpc) is 3.15. The van der Waals surface area contributed by atoms with Crippen molar-refractivity contribution in [3.63, 3.8) is 0 Å². The van der Waals surface area contributed by atoms with Gasteiger partial charge in [-0.3, -0.25) is 4.57 Å². The van der Waals surface area contributed by atoms with Crippen LogP contribution in [0.4, 0.5) is 0 Å². The second-order valence-corrected chi connectivity index (χ2v) is 9.16. The van der Waals surface area contributed by atoms with E-state index in [0.29, 0.717) is 29.8 Å². The summed E-state index contributed by atoms with van der Waals surface area (Å²) < 4.78 is 35.1. The van der Waals surface area contributed by atoms with Crippen molar-refractivity contribution in [2.24, 2.45) is 5.14 Å². The lowest BCUT2D eigenvalue weighted by molar-refractivity contribution is 0.340. The van der Waals surface area contributed by atoms with E-state index in [4.69, 9.17) is 14.6 Å². The molecule has 3 rings (SSSR count). The Labute approximate surface area is 180 Å². The smallest absolute Gasteiger partial charge is 0.209 e. The van der Waals surface area contributed by atoms with Gasteiger partial charge >= 0.3 is 0 Å². The number of nitrogens with two attached hydrogens (primary N) is 1. The van der Waals surface area contributed by atoms with Crippen LogP contribution in [0.15, 0.2) is 53.7 Å². The minimum atomic E-state index is -3.48. The maximum Gasteiger partial charge on any atom is 0.209 e. The first-order valence-corrected chi connectivity index (χ1v) is 12.1. The Hall–Kier alpha value is -2.56. The van der Waals surface area contributed by atoms with Crippen LogP contribution in [0, 0.1) is 0 Å². The quantitative estimate of drug-likeness (QED) is 0.375. The molecule has 0 radical (unpaired) electrons. The molecule has 8 nitrogen and oxygen atoms in total. The molecule has 0 amide bonds. The molecule has 0 bridgehead atoms. The lowest BCUT2D eigenvalue weighted by Gasteiger charge is -2.12. The summed E-state index contributed by atoms with van der Waals surface area (Å²) in [6, 6.07) is 15.2. The van der Waals surface area contributed by atoms with Crippen molar-refractivity contribution in [1.82, 2.24) is 14.8 Å². The van der Waals surface area contributed by atoms with Gasteiger partial charge in [-0.05, 0) is 61.9 Å². The third-order valence-electron chi connectivity index (χ3n) is 4.19. The van der Waals surface area contributed by atoms with Crippen molar-refractivity contribution in [3.05, 3.63) is 48.5 Å². The molecule has 30 heavy (non-hydrogen) atoms. The van der Waals surface area contributed by atoms with Gasteiger partial charge in [0, 0.05) is 17.0 Å². The van der Waals surface area contributed by atoms with Gasteiger partial charge in [-0.2, -0.15) is 0 Å². The summed E-state index contributed by atoms with van der Waals surface area (Å²) >= 11 is 1.43. The minimum Gasteiger partial charge on any atom is -0.497 e. The van der Waals surface area contributed by atoms with Crippen molar-refractivity contribution in [3.8, 4) is 28.6 Å². The summed E-state index contributed by atoms with van der Waals surface area (Å²) in [5, 5.41) is 14.5. The summed E-state index contributed by atoms with van der Waals surface area (Å²) in [6.07, 6.45) is 0.428. The van der Waals surface area contributed by atoms with Crippen LogP contribution in [0.5, 0.6) is 11.5 Å². The van der Waals surface area contributed by atoms with Crippen molar-refractivity contribution < 1.29 is 17.9 Å². The molecule has 0 aliphatic rings.